The van der Waals surface area contributed by atoms with Gasteiger partial charge in [0, 0.05) is 25.6 Å². The SMILES string of the molecule is CCCn1nc(C)cc1NC(=O)CC1CCN(Cc2ccccc2)CC1. The molecule has 3 rings (SSSR count). The molecule has 1 aromatic heterocycles. The van der Waals surface area contributed by atoms with Crippen molar-refractivity contribution >= 4 is 11.7 Å². The molecule has 1 amide bonds. The molecule has 0 aliphatic carbocycles. The number of carbonyl (C=O) groups excluding carboxylic acids is 1. The molecule has 5 heteroatoms. The lowest BCUT2D eigenvalue weighted by Crippen LogP contribution is -2.34. The number of amides is 1. The van der Waals surface area contributed by atoms with Crippen LogP contribution in [0.2, 0.25) is 0 Å². The number of hydrogen-bond acceptors (Lipinski definition) is 3. The van der Waals surface area contributed by atoms with Crippen LogP contribution >= 0.6 is 0 Å². The van der Waals surface area contributed by atoms with E-state index >= 15 is 0 Å². The quantitative estimate of drug-likeness (QED) is 0.822. The summed E-state index contributed by atoms with van der Waals surface area (Å²) in [5.41, 5.74) is 2.31. The molecular weight excluding hydrogens is 324 g/mol. The Hall–Kier alpha value is -2.14. The average Bonchev–Trinajstić information content (AvgIpc) is 2.97. The van der Waals surface area contributed by atoms with Gasteiger partial charge in [-0.1, -0.05) is 37.3 Å². The highest BCUT2D eigenvalue weighted by Gasteiger charge is 2.22. The van der Waals surface area contributed by atoms with Crippen LogP contribution in [-0.4, -0.2) is 33.7 Å². The predicted molar refractivity (Wildman–Crippen MR) is 105 cm³/mol. The zero-order chi connectivity index (χ0) is 18.4. The van der Waals surface area contributed by atoms with Gasteiger partial charge in [0.05, 0.1) is 5.69 Å². The molecule has 0 saturated carbocycles. The summed E-state index contributed by atoms with van der Waals surface area (Å²) in [6, 6.07) is 12.6. The molecule has 1 fully saturated rings. The van der Waals surface area contributed by atoms with E-state index in [0.29, 0.717) is 12.3 Å². The standard InChI is InChI=1S/C21H30N4O/c1-3-11-25-20(14-17(2)23-25)22-21(26)15-18-9-12-24(13-10-18)16-19-7-5-4-6-8-19/h4-8,14,18H,3,9-13,15-16H2,1-2H3,(H,22,26). The number of carbonyl (C=O) groups is 1. The van der Waals surface area contributed by atoms with Gasteiger partial charge in [0.1, 0.15) is 5.82 Å². The van der Waals surface area contributed by atoms with Gasteiger partial charge in [0.2, 0.25) is 5.91 Å². The second-order valence-electron chi connectivity index (χ2n) is 7.35. The lowest BCUT2D eigenvalue weighted by atomic mass is 9.93. The zero-order valence-corrected chi connectivity index (χ0v) is 15.9. The van der Waals surface area contributed by atoms with E-state index in [2.05, 4.69) is 52.6 Å². The minimum absolute atomic E-state index is 0.115. The molecule has 1 aromatic carbocycles. The van der Waals surface area contributed by atoms with Gasteiger partial charge >= 0.3 is 0 Å². The maximum Gasteiger partial charge on any atom is 0.225 e. The fourth-order valence-electron chi connectivity index (χ4n) is 3.67. The van der Waals surface area contributed by atoms with E-state index in [1.807, 2.05) is 17.7 Å². The maximum atomic E-state index is 12.5. The molecule has 0 unspecified atom stereocenters. The summed E-state index contributed by atoms with van der Waals surface area (Å²) >= 11 is 0. The van der Waals surface area contributed by atoms with Gasteiger partial charge in [-0.15, -0.1) is 0 Å². The summed E-state index contributed by atoms with van der Waals surface area (Å²) in [7, 11) is 0. The van der Waals surface area contributed by atoms with Gasteiger partial charge in [0.15, 0.2) is 0 Å². The van der Waals surface area contributed by atoms with Crippen molar-refractivity contribution in [3.8, 4) is 0 Å². The first kappa shape index (κ1) is 18.6. The summed E-state index contributed by atoms with van der Waals surface area (Å²) < 4.78 is 1.90. The first-order chi connectivity index (χ1) is 12.6. The second kappa shape index (κ2) is 8.99. The number of aryl methyl sites for hydroxylation is 2. The number of aromatic nitrogens is 2. The van der Waals surface area contributed by atoms with E-state index in [1.54, 1.807) is 0 Å². The van der Waals surface area contributed by atoms with Gasteiger partial charge in [-0.3, -0.25) is 9.69 Å². The van der Waals surface area contributed by atoms with Crippen molar-refractivity contribution in [1.29, 1.82) is 0 Å². The van der Waals surface area contributed by atoms with E-state index in [9.17, 15) is 4.79 Å². The summed E-state index contributed by atoms with van der Waals surface area (Å²) in [4.78, 5) is 14.9. The van der Waals surface area contributed by atoms with Gasteiger partial charge in [-0.2, -0.15) is 5.10 Å². The molecule has 0 spiro atoms. The minimum atomic E-state index is 0.115. The minimum Gasteiger partial charge on any atom is -0.311 e. The fourth-order valence-corrected chi connectivity index (χ4v) is 3.67. The van der Waals surface area contributed by atoms with Crippen LogP contribution in [0.1, 0.15) is 43.9 Å². The molecule has 2 heterocycles. The van der Waals surface area contributed by atoms with E-state index in [1.165, 1.54) is 5.56 Å². The van der Waals surface area contributed by atoms with Gasteiger partial charge in [-0.05, 0) is 50.8 Å². The fraction of sp³-hybridized carbons (Fsp3) is 0.524. The van der Waals surface area contributed by atoms with Crippen molar-refractivity contribution in [2.75, 3.05) is 18.4 Å². The highest BCUT2D eigenvalue weighted by atomic mass is 16.1. The molecule has 0 bridgehead atoms. The van der Waals surface area contributed by atoms with Crippen molar-refractivity contribution in [1.82, 2.24) is 14.7 Å². The molecule has 1 saturated heterocycles. The number of benzene rings is 1. The van der Waals surface area contributed by atoms with E-state index in [-0.39, 0.29) is 5.91 Å². The number of anilines is 1. The van der Waals surface area contributed by atoms with Crippen LogP contribution in [0.3, 0.4) is 0 Å². The van der Waals surface area contributed by atoms with E-state index < -0.39 is 0 Å². The predicted octanol–water partition coefficient (Wildman–Crippen LogP) is 3.84. The number of nitrogens with zero attached hydrogens (tertiary/aromatic N) is 3. The van der Waals surface area contributed by atoms with Crippen LogP contribution in [0.5, 0.6) is 0 Å². The Morgan fingerprint density at radius 3 is 2.65 bits per heavy atom. The van der Waals surface area contributed by atoms with Crippen molar-refractivity contribution in [3.63, 3.8) is 0 Å². The highest BCUT2D eigenvalue weighted by molar-refractivity contribution is 5.90. The second-order valence-corrected chi connectivity index (χ2v) is 7.35. The number of piperidine rings is 1. The topological polar surface area (TPSA) is 50.2 Å². The highest BCUT2D eigenvalue weighted by Crippen LogP contribution is 2.23. The van der Waals surface area contributed by atoms with Crippen LogP contribution in [0.4, 0.5) is 5.82 Å². The van der Waals surface area contributed by atoms with Crippen molar-refractivity contribution in [2.45, 2.75) is 52.6 Å². The molecule has 2 aromatic rings. The van der Waals surface area contributed by atoms with E-state index in [0.717, 1.165) is 57.0 Å². The van der Waals surface area contributed by atoms with Crippen molar-refractivity contribution in [2.24, 2.45) is 5.92 Å². The number of likely N-dealkylation sites (tertiary alicyclic amines) is 1. The lowest BCUT2D eigenvalue weighted by Gasteiger charge is -2.31. The molecular formula is C21H30N4O. The molecule has 5 nitrogen and oxygen atoms in total. The van der Waals surface area contributed by atoms with Crippen molar-refractivity contribution < 1.29 is 4.79 Å². The number of hydrogen-bond donors (Lipinski definition) is 1. The first-order valence-corrected chi connectivity index (χ1v) is 9.74. The third-order valence-corrected chi connectivity index (χ3v) is 5.04. The van der Waals surface area contributed by atoms with Gasteiger partial charge < -0.3 is 5.32 Å². The Kier molecular flexibility index (Phi) is 6.45. The Labute approximate surface area is 156 Å². The molecule has 140 valence electrons. The summed E-state index contributed by atoms with van der Waals surface area (Å²) in [5, 5.41) is 7.51. The van der Waals surface area contributed by atoms with Gasteiger partial charge in [-0.25, -0.2) is 4.68 Å². The van der Waals surface area contributed by atoms with Crippen LogP contribution in [-0.2, 0) is 17.9 Å². The molecule has 26 heavy (non-hydrogen) atoms. The Balaban J connectivity index is 1.45. The van der Waals surface area contributed by atoms with E-state index in [4.69, 9.17) is 0 Å². The summed E-state index contributed by atoms with van der Waals surface area (Å²) in [6.45, 7) is 8.06. The lowest BCUT2D eigenvalue weighted by molar-refractivity contribution is -0.117. The Bertz CT molecular complexity index is 702. The first-order valence-electron chi connectivity index (χ1n) is 9.74. The van der Waals surface area contributed by atoms with Crippen LogP contribution < -0.4 is 5.32 Å². The number of nitrogens with one attached hydrogen (secondary N) is 1. The number of rotatable bonds is 7. The van der Waals surface area contributed by atoms with Crippen molar-refractivity contribution in [3.05, 3.63) is 47.7 Å². The Morgan fingerprint density at radius 1 is 1.23 bits per heavy atom. The largest absolute Gasteiger partial charge is 0.311 e. The molecule has 0 atom stereocenters. The Morgan fingerprint density at radius 2 is 1.96 bits per heavy atom. The molecule has 1 N–H and O–H groups in total. The molecule has 1 aliphatic rings. The van der Waals surface area contributed by atoms with Crippen LogP contribution in [0.15, 0.2) is 36.4 Å². The summed E-state index contributed by atoms with van der Waals surface area (Å²) in [6.07, 6.45) is 3.79. The third-order valence-electron chi connectivity index (χ3n) is 5.04. The average molecular weight is 354 g/mol. The third kappa shape index (κ3) is 5.18. The van der Waals surface area contributed by atoms with Gasteiger partial charge in [0.25, 0.3) is 0 Å². The smallest absolute Gasteiger partial charge is 0.225 e. The monoisotopic (exact) mass is 354 g/mol. The van der Waals surface area contributed by atoms with Crippen LogP contribution in [0.25, 0.3) is 0 Å². The zero-order valence-electron chi connectivity index (χ0n) is 15.9. The maximum absolute atomic E-state index is 12.5. The normalized spacial score (nSPS) is 15.9. The molecule has 1 aliphatic heterocycles. The van der Waals surface area contributed by atoms with Crippen LogP contribution in [0, 0.1) is 12.8 Å². The molecule has 0 radical (unpaired) electrons. The summed E-state index contributed by atoms with van der Waals surface area (Å²) in [5.74, 6) is 1.42.